The van der Waals surface area contributed by atoms with E-state index in [9.17, 15) is 5.26 Å². The molecule has 401 valence electrons. The number of aromatic nitrogens is 4. The van der Waals surface area contributed by atoms with E-state index in [2.05, 4.69) is 233 Å². The van der Waals surface area contributed by atoms with Crippen LogP contribution in [0.1, 0.15) is 107 Å². The Balaban J connectivity index is 0.000000195. The molecule has 0 amide bonds. The number of hydrogen-bond donors (Lipinski definition) is 0. The monoisotopic (exact) mass is 1280 g/mol. The van der Waals surface area contributed by atoms with Crippen molar-refractivity contribution in [2.75, 3.05) is 0 Å². The summed E-state index contributed by atoms with van der Waals surface area (Å²) in [5, 5.41) is 11.5. The molecule has 12 aromatic rings. The number of imidazole rings is 2. The molecule has 6 nitrogen and oxygen atoms in total. The maximum absolute atomic E-state index is 9.53. The van der Waals surface area contributed by atoms with Gasteiger partial charge in [0.25, 0.3) is 0 Å². The molecule has 8 heteroatoms. The second-order valence-corrected chi connectivity index (χ2v) is 33.8. The van der Waals surface area contributed by atoms with Crippen molar-refractivity contribution in [1.29, 1.82) is 5.26 Å². The summed E-state index contributed by atoms with van der Waals surface area (Å²) < 4.78 is 12.8. The Kier molecular flexibility index (Phi) is 15.9. The van der Waals surface area contributed by atoms with Crippen LogP contribution >= 0.6 is 0 Å². The van der Waals surface area contributed by atoms with Gasteiger partial charge in [0.2, 0.25) is 0 Å². The zero-order chi connectivity index (χ0) is 55.3. The van der Waals surface area contributed by atoms with Crippen molar-refractivity contribution in [2.24, 2.45) is 0 Å². The average Bonchev–Trinajstić information content (AvgIpc) is 4.18. The molecular weight excluding hydrogens is 1220 g/mol. The fourth-order valence-electron chi connectivity index (χ4n) is 11.1. The van der Waals surface area contributed by atoms with Crippen molar-refractivity contribution in [2.45, 2.75) is 96.3 Å². The van der Waals surface area contributed by atoms with Crippen molar-refractivity contribution in [3.8, 4) is 62.5 Å². The molecule has 0 bridgehead atoms. The Hall–Kier alpha value is -7.60. The predicted molar refractivity (Wildman–Crippen MR) is 333 cm³/mol. The molecule has 9 aromatic carbocycles. The van der Waals surface area contributed by atoms with Crippen LogP contribution in [0.25, 0.3) is 100 Å². The number of hydrogen-bond acceptors (Lipinski definition) is 4. The summed E-state index contributed by atoms with van der Waals surface area (Å²) in [4.78, 5) is 10.3. The molecule has 3 aromatic heterocycles. The van der Waals surface area contributed by atoms with Gasteiger partial charge in [0.1, 0.15) is 5.58 Å². The van der Waals surface area contributed by atoms with Crippen molar-refractivity contribution in [3.63, 3.8) is 0 Å². The van der Waals surface area contributed by atoms with Crippen LogP contribution in [0, 0.1) is 23.5 Å². The maximum Gasteiger partial charge on any atom is 0.122 e. The Bertz CT molecular complexity index is 4190. The third kappa shape index (κ3) is 10.5. The molecule has 1 radical (unpaired) electrons. The van der Waals surface area contributed by atoms with Gasteiger partial charge in [0.05, 0.1) is 34.1 Å². The summed E-state index contributed by atoms with van der Waals surface area (Å²) in [7, 11) is 0. The van der Waals surface area contributed by atoms with Gasteiger partial charge < -0.3 is 8.98 Å². The molecule has 0 aliphatic carbocycles. The van der Waals surface area contributed by atoms with Gasteiger partial charge in [-0.2, -0.15) is 5.26 Å². The van der Waals surface area contributed by atoms with E-state index in [1.54, 1.807) is 10.5 Å². The van der Waals surface area contributed by atoms with Crippen LogP contribution in [0.15, 0.2) is 186 Å². The quantitative estimate of drug-likeness (QED) is 0.0955. The molecule has 0 aliphatic rings. The van der Waals surface area contributed by atoms with E-state index in [4.69, 9.17) is 14.4 Å². The SMILES string of the molecule is CC(C)c1c[c]([Ge]([CH3])([CH3])[CH3])cc(C(C)C)c1-n1c(-c2[c-]cccc2)nc2ccccc21.CC(C)c1cc(-c2ccc(-c3ccccc3)cc2)cc(C(C)C)c1-n1c(-c2[c-]ccc3c2oc2cc(C#N)ccc23)nc2ccccc21.[Ir]. The second-order valence-electron chi connectivity index (χ2n) is 23.1. The van der Waals surface area contributed by atoms with Crippen molar-refractivity contribution in [3.05, 3.63) is 222 Å². The van der Waals surface area contributed by atoms with Crippen LogP contribution in [0.4, 0.5) is 0 Å². The Morgan fingerprint density at radius 1 is 0.487 bits per heavy atom. The number of furan rings is 1. The smallest absolute Gasteiger partial charge is 0.122 e. The van der Waals surface area contributed by atoms with Gasteiger partial charge in [0, 0.05) is 31.2 Å². The number of nitriles is 1. The summed E-state index contributed by atoms with van der Waals surface area (Å²) in [6, 6.07) is 72.8. The number of nitrogens with zero attached hydrogens (tertiary/aromatic N) is 5. The summed E-state index contributed by atoms with van der Waals surface area (Å²) in [6.07, 6.45) is 0. The predicted octanol–water partition coefficient (Wildman–Crippen LogP) is 19.1. The Labute approximate surface area is 487 Å². The molecule has 12 rings (SSSR count). The average molecular weight is 1280 g/mol. The molecule has 0 unspecified atom stereocenters. The minimum Gasteiger partial charge on any atom is -0.500 e. The molecule has 0 fully saturated rings. The van der Waals surface area contributed by atoms with Crippen molar-refractivity contribution < 1.29 is 24.5 Å². The minimum atomic E-state index is -2.00. The number of para-hydroxylation sites is 4. The first kappa shape index (κ1) is 55.7. The van der Waals surface area contributed by atoms with Gasteiger partial charge in [-0.15, -0.1) is 18.2 Å². The number of benzene rings is 9. The number of rotatable bonds is 11. The first-order valence-electron chi connectivity index (χ1n) is 27.8. The van der Waals surface area contributed by atoms with Gasteiger partial charge in [0.15, 0.2) is 0 Å². The topological polar surface area (TPSA) is 72.6 Å². The zero-order valence-corrected chi connectivity index (χ0v) is 52.1. The van der Waals surface area contributed by atoms with Gasteiger partial charge in [-0.25, -0.2) is 0 Å². The van der Waals surface area contributed by atoms with E-state index in [0.717, 1.165) is 61.3 Å². The fourth-order valence-corrected chi connectivity index (χ4v) is 13.6. The van der Waals surface area contributed by atoms with E-state index in [0.29, 0.717) is 28.6 Å². The van der Waals surface area contributed by atoms with Crippen LogP contribution in [0.5, 0.6) is 0 Å². The van der Waals surface area contributed by atoms with E-state index in [-0.39, 0.29) is 31.9 Å². The Morgan fingerprint density at radius 3 is 1.52 bits per heavy atom. The molecule has 3 heterocycles. The van der Waals surface area contributed by atoms with Crippen LogP contribution in [0.2, 0.25) is 17.3 Å². The van der Waals surface area contributed by atoms with Gasteiger partial charge >= 0.3 is 190 Å². The summed E-state index contributed by atoms with van der Waals surface area (Å²) in [6.45, 7) is 18.3. The molecular formula is C72H67GeIrN5O-2. The first-order valence-corrected chi connectivity index (χ1v) is 35.2. The van der Waals surface area contributed by atoms with Gasteiger partial charge in [-0.1, -0.05) is 111 Å². The fraction of sp³-hybridized carbons (Fsp3) is 0.208. The zero-order valence-electron chi connectivity index (χ0n) is 47.6. The van der Waals surface area contributed by atoms with Gasteiger partial charge in [-0.05, 0) is 81.6 Å². The third-order valence-corrected chi connectivity index (χ3v) is 19.6. The van der Waals surface area contributed by atoms with E-state index < -0.39 is 13.3 Å². The summed E-state index contributed by atoms with van der Waals surface area (Å²) >= 11 is -2.00. The number of fused-ring (bicyclic) bond motifs is 5. The summed E-state index contributed by atoms with van der Waals surface area (Å²) in [5.41, 5.74) is 20.5. The molecule has 0 saturated heterocycles. The Morgan fingerprint density at radius 2 is 0.988 bits per heavy atom. The molecule has 0 spiro atoms. The van der Waals surface area contributed by atoms with Gasteiger partial charge in [-0.3, -0.25) is 4.98 Å². The molecule has 0 N–H and O–H groups in total. The van der Waals surface area contributed by atoms with Crippen LogP contribution < -0.4 is 4.40 Å². The standard InChI is InChI=1S/C44H34N3O.C28H33GeN2.Ir/c1-27(2)37-24-33(32-20-18-31(19-21-32)30-11-6-5-7-12-30)25-38(28(3)4)42(37)47-40-16-9-8-15-39(40)46-44(47)36-14-10-13-35-34-22-17-29(26-45)23-41(34)48-43(35)36;1-19(2)23-17-22(29(5,6)7)18-24(20(3)4)27(23)31-26-16-12-11-15-25(26)30-28(31)21-13-9-8-10-14-21;/h5-13,15-25,27-28H,1-4H3;8-13,15-20H,1-7H3;/q2*-1;. The van der Waals surface area contributed by atoms with E-state index in [1.165, 1.54) is 50.2 Å². The van der Waals surface area contributed by atoms with Crippen LogP contribution in [-0.2, 0) is 20.1 Å². The molecule has 0 aliphatic heterocycles. The van der Waals surface area contributed by atoms with Crippen molar-refractivity contribution in [1.82, 2.24) is 19.1 Å². The molecule has 80 heavy (non-hydrogen) atoms. The molecule has 0 atom stereocenters. The van der Waals surface area contributed by atoms with Crippen LogP contribution in [-0.4, -0.2) is 32.4 Å². The molecule has 0 saturated carbocycles. The third-order valence-electron chi connectivity index (χ3n) is 15.3. The summed E-state index contributed by atoms with van der Waals surface area (Å²) in [5.74, 6) is 10.5. The van der Waals surface area contributed by atoms with Crippen molar-refractivity contribution >= 4 is 61.7 Å². The van der Waals surface area contributed by atoms with E-state index >= 15 is 0 Å². The first-order chi connectivity index (χ1) is 38.1. The maximum atomic E-state index is 9.53. The van der Waals surface area contributed by atoms with E-state index in [1.807, 2.05) is 42.5 Å². The minimum absolute atomic E-state index is 0. The largest absolute Gasteiger partial charge is 0.500 e. The normalized spacial score (nSPS) is 11.8. The second kappa shape index (κ2) is 22.9. The van der Waals surface area contributed by atoms with Crippen LogP contribution in [0.3, 0.4) is 0 Å².